The third-order valence-corrected chi connectivity index (χ3v) is 7.19. The predicted molar refractivity (Wildman–Crippen MR) is 112 cm³/mol. The van der Waals surface area contributed by atoms with E-state index in [0.717, 1.165) is 11.1 Å². The summed E-state index contributed by atoms with van der Waals surface area (Å²) in [5, 5.41) is 8.34. The summed E-state index contributed by atoms with van der Waals surface area (Å²) in [6, 6.07) is 10.7. The molecule has 3 aromatic rings. The second kappa shape index (κ2) is 8.87. The smallest absolute Gasteiger partial charge is 0.276 e. The topological polar surface area (TPSA) is 91.5 Å². The zero-order valence-corrected chi connectivity index (χ0v) is 18.3. The van der Waals surface area contributed by atoms with Crippen LogP contribution in [0, 0.1) is 13.8 Å². The SMILES string of the molecule is COc1cc(OC)cc(-c2nnc(SCCS(=O)(=O)c3cc(C)ccc3C)o2)c1. The first-order valence-electron chi connectivity index (χ1n) is 8.82. The maximum absolute atomic E-state index is 12.7. The Morgan fingerprint density at radius 1 is 1.00 bits per heavy atom. The molecule has 0 aliphatic carbocycles. The van der Waals surface area contributed by atoms with Crippen LogP contribution >= 0.6 is 11.8 Å². The van der Waals surface area contributed by atoms with Crippen molar-refractivity contribution >= 4 is 21.6 Å². The first-order valence-corrected chi connectivity index (χ1v) is 11.5. The monoisotopic (exact) mass is 434 g/mol. The van der Waals surface area contributed by atoms with E-state index in [1.165, 1.54) is 11.8 Å². The molecule has 9 heteroatoms. The fourth-order valence-corrected chi connectivity index (χ4v) is 5.47. The number of sulfone groups is 1. The van der Waals surface area contributed by atoms with Crippen LogP contribution in [0.5, 0.6) is 11.5 Å². The fourth-order valence-electron chi connectivity index (χ4n) is 2.71. The summed E-state index contributed by atoms with van der Waals surface area (Å²) >= 11 is 1.21. The van der Waals surface area contributed by atoms with E-state index < -0.39 is 9.84 Å². The van der Waals surface area contributed by atoms with E-state index in [2.05, 4.69) is 10.2 Å². The molecule has 2 aromatic carbocycles. The Balaban J connectivity index is 1.69. The van der Waals surface area contributed by atoms with E-state index in [1.807, 2.05) is 19.1 Å². The third-order valence-electron chi connectivity index (χ3n) is 4.26. The fraction of sp³-hybridized carbons (Fsp3) is 0.300. The van der Waals surface area contributed by atoms with Crippen LogP contribution in [0.3, 0.4) is 0 Å². The molecule has 0 aliphatic heterocycles. The largest absolute Gasteiger partial charge is 0.497 e. The molecule has 0 atom stereocenters. The zero-order chi connectivity index (χ0) is 21.0. The van der Waals surface area contributed by atoms with Gasteiger partial charge in [0, 0.05) is 17.4 Å². The van der Waals surface area contributed by atoms with Gasteiger partial charge < -0.3 is 13.9 Å². The van der Waals surface area contributed by atoms with Gasteiger partial charge in [0.1, 0.15) is 11.5 Å². The van der Waals surface area contributed by atoms with Crippen LogP contribution in [0.25, 0.3) is 11.5 Å². The molecule has 1 heterocycles. The van der Waals surface area contributed by atoms with Gasteiger partial charge in [-0.1, -0.05) is 23.9 Å². The number of hydrogen-bond acceptors (Lipinski definition) is 8. The minimum atomic E-state index is -3.39. The first kappa shape index (κ1) is 21.2. The summed E-state index contributed by atoms with van der Waals surface area (Å²) in [5.41, 5.74) is 2.31. The summed E-state index contributed by atoms with van der Waals surface area (Å²) < 4.78 is 41.5. The molecule has 7 nitrogen and oxygen atoms in total. The van der Waals surface area contributed by atoms with Crippen LogP contribution < -0.4 is 9.47 Å². The van der Waals surface area contributed by atoms with Crippen LogP contribution in [0.4, 0.5) is 0 Å². The van der Waals surface area contributed by atoms with Crippen molar-refractivity contribution in [2.24, 2.45) is 0 Å². The van der Waals surface area contributed by atoms with Crippen LogP contribution in [0.2, 0.25) is 0 Å². The number of hydrogen-bond donors (Lipinski definition) is 0. The van der Waals surface area contributed by atoms with Crippen LogP contribution in [0.1, 0.15) is 11.1 Å². The van der Waals surface area contributed by atoms with Crippen molar-refractivity contribution in [2.45, 2.75) is 24.0 Å². The molecule has 0 saturated carbocycles. The summed E-state index contributed by atoms with van der Waals surface area (Å²) in [5.74, 6) is 1.80. The lowest BCUT2D eigenvalue weighted by molar-refractivity contribution is 0.394. The number of nitrogens with zero attached hydrogens (tertiary/aromatic N) is 2. The molecule has 0 fully saturated rings. The molecule has 29 heavy (non-hydrogen) atoms. The Morgan fingerprint density at radius 3 is 2.34 bits per heavy atom. The number of aryl methyl sites for hydroxylation is 2. The molecule has 0 N–H and O–H groups in total. The molecule has 0 amide bonds. The highest BCUT2D eigenvalue weighted by Crippen LogP contribution is 2.30. The minimum absolute atomic E-state index is 0.0212. The van der Waals surface area contributed by atoms with Crippen molar-refractivity contribution in [2.75, 3.05) is 25.7 Å². The zero-order valence-electron chi connectivity index (χ0n) is 16.6. The molecule has 0 spiro atoms. The van der Waals surface area contributed by atoms with E-state index in [4.69, 9.17) is 13.9 Å². The van der Waals surface area contributed by atoms with Gasteiger partial charge in [-0.15, -0.1) is 10.2 Å². The number of aromatic nitrogens is 2. The van der Waals surface area contributed by atoms with Gasteiger partial charge >= 0.3 is 0 Å². The maximum atomic E-state index is 12.7. The molecular formula is C20H22N2O5S2. The molecule has 0 radical (unpaired) electrons. The Kier molecular flexibility index (Phi) is 6.49. The average Bonchev–Trinajstić information content (AvgIpc) is 3.18. The summed E-state index contributed by atoms with van der Waals surface area (Å²) in [6.45, 7) is 3.67. The second-order valence-corrected chi connectivity index (χ2v) is 9.53. The lowest BCUT2D eigenvalue weighted by Gasteiger charge is -2.08. The standard InChI is InChI=1S/C20H22N2O5S2/c1-13-5-6-14(2)18(9-13)29(23,24)8-7-28-20-22-21-19(27-20)15-10-16(25-3)12-17(11-15)26-4/h5-6,9-12H,7-8H2,1-4H3. The van der Waals surface area contributed by atoms with E-state index in [0.29, 0.717) is 38.8 Å². The van der Waals surface area contributed by atoms with Gasteiger partial charge in [0.2, 0.25) is 5.89 Å². The van der Waals surface area contributed by atoms with E-state index in [-0.39, 0.29) is 5.75 Å². The van der Waals surface area contributed by atoms with Crippen molar-refractivity contribution in [1.82, 2.24) is 10.2 Å². The molecule has 0 saturated heterocycles. The molecule has 3 rings (SSSR count). The van der Waals surface area contributed by atoms with Crippen molar-refractivity contribution in [1.29, 1.82) is 0 Å². The Hall–Kier alpha value is -2.52. The van der Waals surface area contributed by atoms with E-state index in [1.54, 1.807) is 45.4 Å². The predicted octanol–water partition coefficient (Wildman–Crippen LogP) is 3.94. The quantitative estimate of drug-likeness (QED) is 0.493. The Morgan fingerprint density at radius 2 is 1.69 bits per heavy atom. The van der Waals surface area contributed by atoms with Gasteiger partial charge in [-0.25, -0.2) is 8.42 Å². The highest BCUT2D eigenvalue weighted by molar-refractivity contribution is 8.00. The summed E-state index contributed by atoms with van der Waals surface area (Å²) in [4.78, 5) is 0.368. The number of benzene rings is 2. The molecule has 0 bridgehead atoms. The van der Waals surface area contributed by atoms with Gasteiger partial charge in [0.25, 0.3) is 5.22 Å². The van der Waals surface area contributed by atoms with E-state index >= 15 is 0 Å². The van der Waals surface area contributed by atoms with Gasteiger partial charge in [0.05, 0.1) is 24.9 Å². The van der Waals surface area contributed by atoms with Gasteiger partial charge in [0.15, 0.2) is 9.84 Å². The maximum Gasteiger partial charge on any atom is 0.276 e. The summed E-state index contributed by atoms with van der Waals surface area (Å²) in [7, 11) is -0.272. The number of ether oxygens (including phenoxy) is 2. The van der Waals surface area contributed by atoms with Crippen molar-refractivity contribution < 1.29 is 22.3 Å². The lowest BCUT2D eigenvalue weighted by atomic mass is 10.2. The van der Waals surface area contributed by atoms with Gasteiger partial charge in [-0.2, -0.15) is 0 Å². The number of rotatable bonds is 8. The van der Waals surface area contributed by atoms with Crippen molar-refractivity contribution in [3.63, 3.8) is 0 Å². The Bertz CT molecular complexity index is 1090. The first-order chi connectivity index (χ1) is 13.8. The van der Waals surface area contributed by atoms with Crippen molar-refractivity contribution in [3.05, 3.63) is 47.5 Å². The van der Waals surface area contributed by atoms with Gasteiger partial charge in [-0.3, -0.25) is 0 Å². The Labute approximate surface area is 174 Å². The van der Waals surface area contributed by atoms with Crippen molar-refractivity contribution in [3.8, 4) is 23.0 Å². The van der Waals surface area contributed by atoms with Crippen LogP contribution in [-0.2, 0) is 9.84 Å². The molecule has 0 unspecified atom stereocenters. The molecule has 0 aliphatic rings. The second-order valence-electron chi connectivity index (χ2n) is 6.41. The highest BCUT2D eigenvalue weighted by atomic mass is 32.2. The molecule has 154 valence electrons. The summed E-state index contributed by atoms with van der Waals surface area (Å²) in [6.07, 6.45) is 0. The van der Waals surface area contributed by atoms with Gasteiger partial charge in [-0.05, 0) is 43.2 Å². The normalized spacial score (nSPS) is 11.4. The number of methoxy groups -OCH3 is 2. The number of thioether (sulfide) groups is 1. The van der Waals surface area contributed by atoms with Crippen LogP contribution in [0.15, 0.2) is 50.9 Å². The highest BCUT2D eigenvalue weighted by Gasteiger charge is 2.18. The third kappa shape index (κ3) is 5.10. The lowest BCUT2D eigenvalue weighted by Crippen LogP contribution is -2.10. The minimum Gasteiger partial charge on any atom is -0.497 e. The van der Waals surface area contributed by atoms with E-state index in [9.17, 15) is 8.42 Å². The molecular weight excluding hydrogens is 412 g/mol. The molecule has 1 aromatic heterocycles. The van der Waals surface area contributed by atoms with Crippen LogP contribution in [-0.4, -0.2) is 44.3 Å². The average molecular weight is 435 g/mol.